The van der Waals surface area contributed by atoms with Crippen LogP contribution in [0.2, 0.25) is 0 Å². The summed E-state index contributed by atoms with van der Waals surface area (Å²) < 4.78 is 76.6. The highest BCUT2D eigenvalue weighted by molar-refractivity contribution is 7.89. The first-order valence-electron chi connectivity index (χ1n) is 8.24. The number of sulfonamides is 1. The van der Waals surface area contributed by atoms with Crippen LogP contribution < -0.4 is 4.31 Å². The molecule has 0 heterocycles. The molecule has 0 aliphatic heterocycles. The summed E-state index contributed by atoms with van der Waals surface area (Å²) in [6.07, 6.45) is 2.62. The van der Waals surface area contributed by atoms with Crippen LogP contribution in [0.3, 0.4) is 0 Å². The van der Waals surface area contributed by atoms with Crippen LogP contribution >= 0.6 is 0 Å². The predicted molar refractivity (Wildman–Crippen MR) is 103 cm³/mol. The predicted octanol–water partition coefficient (Wildman–Crippen LogP) is 1.17. The smallest absolute Gasteiger partial charge is 0.264 e. The lowest BCUT2D eigenvalue weighted by Gasteiger charge is -2.37. The molecule has 154 valence electrons. The minimum atomic E-state index is -3.73. The molecular formula is C15H24N2O7S3. The van der Waals surface area contributed by atoms with Crippen molar-refractivity contribution in [3.8, 4) is 0 Å². The van der Waals surface area contributed by atoms with Gasteiger partial charge in [0.05, 0.1) is 29.0 Å². The summed E-state index contributed by atoms with van der Waals surface area (Å²) in [5.74, 6) is 0. The Hall–Kier alpha value is -1.05. The Balaban J connectivity index is 2.37. The molecule has 0 saturated heterocycles. The highest BCUT2D eigenvalue weighted by Crippen LogP contribution is 2.32. The van der Waals surface area contributed by atoms with Crippen molar-refractivity contribution in [2.45, 2.75) is 42.7 Å². The average Bonchev–Trinajstić information content (AvgIpc) is 2.55. The van der Waals surface area contributed by atoms with Crippen molar-refractivity contribution in [3.63, 3.8) is 0 Å². The van der Waals surface area contributed by atoms with Crippen molar-refractivity contribution in [1.29, 1.82) is 0 Å². The van der Waals surface area contributed by atoms with E-state index in [2.05, 4.69) is 0 Å². The monoisotopic (exact) mass is 440 g/mol. The molecule has 1 saturated carbocycles. The van der Waals surface area contributed by atoms with Crippen molar-refractivity contribution in [1.82, 2.24) is 4.31 Å². The van der Waals surface area contributed by atoms with Gasteiger partial charge in [-0.2, -0.15) is 8.42 Å². The van der Waals surface area contributed by atoms with Gasteiger partial charge in [0.25, 0.3) is 21.4 Å². The molecule has 0 bridgehead atoms. The summed E-state index contributed by atoms with van der Waals surface area (Å²) in [7, 11) is -4.53. The second-order valence-electron chi connectivity index (χ2n) is 6.53. The summed E-state index contributed by atoms with van der Waals surface area (Å²) in [6, 6.07) is 4.92. The van der Waals surface area contributed by atoms with Gasteiger partial charge in [0.15, 0.2) is 0 Å². The zero-order chi connectivity index (χ0) is 20.4. The fraction of sp³-hybridized carbons (Fsp3) is 0.600. The Labute approximate surface area is 162 Å². The lowest BCUT2D eigenvalue weighted by molar-refractivity contribution is 0.142. The molecule has 2 rings (SSSR count). The number of hydrogen-bond acceptors (Lipinski definition) is 6. The lowest BCUT2D eigenvalue weighted by atomic mass is 9.92. The van der Waals surface area contributed by atoms with Crippen molar-refractivity contribution in [2.75, 3.05) is 24.7 Å². The maximum absolute atomic E-state index is 12.2. The topological polar surface area (TPSA) is 121 Å². The van der Waals surface area contributed by atoms with E-state index in [1.54, 1.807) is 0 Å². The number of hydrogen-bond donors (Lipinski definition) is 1. The van der Waals surface area contributed by atoms with Crippen molar-refractivity contribution >= 4 is 37.1 Å². The third-order valence-electron chi connectivity index (χ3n) is 4.31. The van der Waals surface area contributed by atoms with Gasteiger partial charge in [0.1, 0.15) is 0 Å². The summed E-state index contributed by atoms with van der Waals surface area (Å²) in [5, 5.41) is 0. The van der Waals surface area contributed by atoms with Gasteiger partial charge in [-0.15, -0.1) is 0 Å². The first-order chi connectivity index (χ1) is 12.4. The van der Waals surface area contributed by atoms with Gasteiger partial charge < -0.3 is 0 Å². The molecule has 9 nitrogen and oxygen atoms in total. The van der Waals surface area contributed by atoms with E-state index < -0.39 is 43.6 Å². The van der Waals surface area contributed by atoms with Crippen LogP contribution in [0.25, 0.3) is 0 Å². The normalized spacial score (nSPS) is 22.6. The van der Waals surface area contributed by atoms with E-state index in [0.717, 1.165) is 23.4 Å². The molecule has 0 radical (unpaired) electrons. The van der Waals surface area contributed by atoms with Gasteiger partial charge in [-0.1, -0.05) is 12.8 Å². The Morgan fingerprint density at radius 1 is 1.07 bits per heavy atom. The Bertz CT molecular complexity index is 882. The largest absolute Gasteiger partial charge is 0.289 e. The van der Waals surface area contributed by atoms with E-state index in [1.807, 2.05) is 0 Å². The fourth-order valence-electron chi connectivity index (χ4n) is 3.06. The number of rotatable bonds is 7. The van der Waals surface area contributed by atoms with E-state index in [1.165, 1.54) is 42.7 Å². The maximum atomic E-state index is 12.2. The van der Waals surface area contributed by atoms with E-state index >= 15 is 0 Å². The summed E-state index contributed by atoms with van der Waals surface area (Å²) in [6.45, 7) is 0. The van der Waals surface area contributed by atoms with E-state index in [4.69, 9.17) is 4.18 Å². The van der Waals surface area contributed by atoms with E-state index in [0.29, 0.717) is 18.5 Å². The Morgan fingerprint density at radius 2 is 1.63 bits per heavy atom. The number of benzene rings is 1. The van der Waals surface area contributed by atoms with Crippen LogP contribution in [0.15, 0.2) is 29.2 Å². The fourth-order valence-corrected chi connectivity index (χ4v) is 5.41. The third kappa shape index (κ3) is 5.48. The molecule has 1 aliphatic carbocycles. The van der Waals surface area contributed by atoms with Crippen LogP contribution in [0, 0.1) is 0 Å². The molecule has 1 fully saturated rings. The molecule has 0 aromatic heterocycles. The van der Waals surface area contributed by atoms with Crippen LogP contribution in [0.5, 0.6) is 0 Å². The minimum absolute atomic E-state index is 0.0486. The SMILES string of the molecule is CN(C)S(=O)(=O)c1ccc(N(C2CCCCC2OS(C)(=O)=O)S(=O)O)cc1. The van der Waals surface area contributed by atoms with Crippen molar-refractivity contribution in [3.05, 3.63) is 24.3 Å². The quantitative estimate of drug-likeness (QED) is 0.499. The average molecular weight is 441 g/mol. The van der Waals surface area contributed by atoms with E-state index in [-0.39, 0.29) is 4.90 Å². The molecule has 1 aliphatic rings. The highest BCUT2D eigenvalue weighted by Gasteiger charge is 2.36. The molecule has 1 aromatic carbocycles. The second kappa shape index (κ2) is 8.53. The van der Waals surface area contributed by atoms with Crippen LogP contribution in [0.4, 0.5) is 5.69 Å². The lowest BCUT2D eigenvalue weighted by Crippen LogP contribution is -2.48. The molecule has 1 aromatic rings. The van der Waals surface area contributed by atoms with Gasteiger partial charge >= 0.3 is 0 Å². The molecular weight excluding hydrogens is 416 g/mol. The number of anilines is 1. The highest BCUT2D eigenvalue weighted by atomic mass is 32.2. The van der Waals surface area contributed by atoms with Crippen molar-refractivity contribution in [2.24, 2.45) is 0 Å². The Kier molecular flexibility index (Phi) is 7.03. The van der Waals surface area contributed by atoms with Crippen molar-refractivity contribution < 1.29 is 29.8 Å². The minimum Gasteiger partial charge on any atom is -0.289 e. The molecule has 0 spiro atoms. The standard InChI is InChI=1S/C15H24N2O7S3/c1-16(2)27(22,23)13-10-8-12(9-11-13)17(25(18)19)14-6-4-5-7-15(14)24-26(3,20)21/h8-11,14-15H,4-7H2,1-3H3,(H,18,19). The van der Waals surface area contributed by atoms with Crippen LogP contribution in [-0.2, 0) is 35.6 Å². The zero-order valence-electron chi connectivity index (χ0n) is 15.3. The van der Waals surface area contributed by atoms with Gasteiger partial charge in [0.2, 0.25) is 10.0 Å². The first-order valence-corrected chi connectivity index (χ1v) is 12.6. The van der Waals surface area contributed by atoms with Gasteiger partial charge in [-0.05, 0) is 37.1 Å². The molecule has 27 heavy (non-hydrogen) atoms. The first kappa shape index (κ1) is 22.2. The van der Waals surface area contributed by atoms with Crippen LogP contribution in [-0.4, -0.2) is 62.4 Å². The molecule has 12 heteroatoms. The van der Waals surface area contributed by atoms with E-state index in [9.17, 15) is 25.6 Å². The molecule has 0 amide bonds. The number of nitrogens with zero attached hydrogens (tertiary/aromatic N) is 2. The Morgan fingerprint density at radius 3 is 2.11 bits per heavy atom. The van der Waals surface area contributed by atoms with Crippen LogP contribution in [0.1, 0.15) is 25.7 Å². The zero-order valence-corrected chi connectivity index (χ0v) is 17.8. The maximum Gasteiger partial charge on any atom is 0.264 e. The summed E-state index contributed by atoms with van der Waals surface area (Å²) in [5.41, 5.74) is 0.308. The molecule has 1 N–H and O–H groups in total. The second-order valence-corrected chi connectivity index (χ2v) is 11.1. The third-order valence-corrected chi connectivity index (χ3v) is 7.55. The molecule has 3 unspecified atom stereocenters. The molecule has 3 atom stereocenters. The summed E-state index contributed by atoms with van der Waals surface area (Å²) >= 11 is -2.44. The van der Waals surface area contributed by atoms with Gasteiger partial charge in [0, 0.05) is 14.1 Å². The van der Waals surface area contributed by atoms with Gasteiger partial charge in [-0.25, -0.2) is 16.9 Å². The summed E-state index contributed by atoms with van der Waals surface area (Å²) in [4.78, 5) is 0.0486. The van der Waals surface area contributed by atoms with Gasteiger partial charge in [-0.3, -0.25) is 13.0 Å².